The van der Waals surface area contributed by atoms with Crippen LogP contribution in [0.3, 0.4) is 0 Å². The summed E-state index contributed by atoms with van der Waals surface area (Å²) in [6, 6.07) is 14.9. The van der Waals surface area contributed by atoms with E-state index in [2.05, 4.69) is 58.7 Å². The highest BCUT2D eigenvalue weighted by Crippen LogP contribution is 2.29. The summed E-state index contributed by atoms with van der Waals surface area (Å²) in [4.78, 5) is 9.19. The first kappa shape index (κ1) is 15.6. The molecule has 0 bridgehead atoms. The molecule has 0 aliphatic carbocycles. The molecule has 2 heterocycles. The van der Waals surface area contributed by atoms with Crippen molar-refractivity contribution < 1.29 is 4.74 Å². The van der Waals surface area contributed by atoms with Gasteiger partial charge in [0.2, 0.25) is 0 Å². The lowest BCUT2D eigenvalue weighted by Crippen LogP contribution is -2.00. The highest BCUT2D eigenvalue weighted by Gasteiger charge is 2.16. The van der Waals surface area contributed by atoms with Gasteiger partial charge in [0, 0.05) is 18.7 Å². The van der Waals surface area contributed by atoms with E-state index < -0.39 is 0 Å². The normalized spacial score (nSPS) is 14.1. The van der Waals surface area contributed by atoms with Gasteiger partial charge in [-0.3, -0.25) is 4.99 Å². The van der Waals surface area contributed by atoms with E-state index >= 15 is 0 Å². The Balaban J connectivity index is 1.59. The summed E-state index contributed by atoms with van der Waals surface area (Å²) < 4.78 is 7.51. The summed E-state index contributed by atoms with van der Waals surface area (Å²) in [6.07, 6.45) is 4.69. The van der Waals surface area contributed by atoms with Gasteiger partial charge in [-0.1, -0.05) is 18.2 Å². The molecule has 0 saturated carbocycles. The number of fused-ring (bicyclic) bond motifs is 1. The molecule has 3 aromatic rings. The minimum Gasteiger partial charge on any atom is -0.497 e. The van der Waals surface area contributed by atoms with E-state index in [1.54, 1.807) is 7.11 Å². The molecule has 0 amide bonds. The van der Waals surface area contributed by atoms with E-state index in [1.165, 1.54) is 11.1 Å². The third-order valence-electron chi connectivity index (χ3n) is 4.64. The smallest absolute Gasteiger partial charge is 0.119 e. The fourth-order valence-corrected chi connectivity index (χ4v) is 3.23. The lowest BCUT2D eigenvalue weighted by Gasteiger charge is -2.09. The Morgan fingerprint density at radius 3 is 2.76 bits per heavy atom. The van der Waals surface area contributed by atoms with Crippen LogP contribution in [0.1, 0.15) is 37.4 Å². The summed E-state index contributed by atoms with van der Waals surface area (Å²) in [7, 11) is 1.69. The number of hydrogen-bond donors (Lipinski definition) is 0. The first-order chi connectivity index (χ1) is 12.2. The van der Waals surface area contributed by atoms with Gasteiger partial charge in [0.1, 0.15) is 5.75 Å². The molecule has 1 aromatic heterocycles. The first-order valence-corrected chi connectivity index (χ1v) is 8.53. The van der Waals surface area contributed by atoms with Crippen LogP contribution in [0.5, 0.6) is 5.75 Å². The number of aromatic nitrogens is 2. The molecule has 4 rings (SSSR count). The van der Waals surface area contributed by atoms with E-state index in [9.17, 15) is 0 Å². The maximum atomic E-state index is 5.32. The van der Waals surface area contributed by atoms with Gasteiger partial charge in [-0.05, 0) is 54.8 Å². The van der Waals surface area contributed by atoms with Crippen molar-refractivity contribution in [2.24, 2.45) is 4.99 Å². The average molecular weight is 331 g/mol. The maximum absolute atomic E-state index is 5.32. The van der Waals surface area contributed by atoms with Crippen LogP contribution in [0.25, 0.3) is 16.6 Å². The molecule has 25 heavy (non-hydrogen) atoms. The molecule has 1 aliphatic heterocycles. The molecule has 0 fully saturated rings. The van der Waals surface area contributed by atoms with E-state index in [0.29, 0.717) is 6.04 Å². The molecular formula is C21H21N3O. The molecule has 126 valence electrons. The fourth-order valence-electron chi connectivity index (χ4n) is 3.23. The van der Waals surface area contributed by atoms with Crippen LogP contribution in [0.4, 0.5) is 0 Å². The first-order valence-electron chi connectivity index (χ1n) is 8.53. The summed E-state index contributed by atoms with van der Waals surface area (Å²) in [5.74, 6) is 0.868. The monoisotopic (exact) mass is 331 g/mol. The second-order valence-electron chi connectivity index (χ2n) is 6.59. The Bertz CT molecular complexity index is 995. The third-order valence-corrected chi connectivity index (χ3v) is 4.64. The molecule has 4 nitrogen and oxygen atoms in total. The zero-order valence-electron chi connectivity index (χ0n) is 14.7. The van der Waals surface area contributed by atoms with Crippen LogP contribution >= 0.6 is 0 Å². The zero-order valence-corrected chi connectivity index (χ0v) is 14.7. The van der Waals surface area contributed by atoms with Crippen LogP contribution in [-0.4, -0.2) is 22.4 Å². The van der Waals surface area contributed by atoms with Crippen molar-refractivity contribution in [3.8, 4) is 5.75 Å². The number of imidazole rings is 1. The minimum absolute atomic E-state index is 0.404. The van der Waals surface area contributed by atoms with Crippen molar-refractivity contribution in [2.75, 3.05) is 7.11 Å². The van der Waals surface area contributed by atoms with Crippen molar-refractivity contribution in [3.05, 3.63) is 66.1 Å². The molecule has 0 saturated heterocycles. The van der Waals surface area contributed by atoms with Crippen molar-refractivity contribution in [1.29, 1.82) is 0 Å². The number of methoxy groups -OCH3 is 1. The minimum atomic E-state index is 0.404. The number of allylic oxidation sites excluding steroid dienone is 1. The zero-order chi connectivity index (χ0) is 17.4. The van der Waals surface area contributed by atoms with Gasteiger partial charge in [-0.2, -0.15) is 0 Å². The van der Waals surface area contributed by atoms with E-state index in [-0.39, 0.29) is 0 Å². The lowest BCUT2D eigenvalue weighted by molar-refractivity contribution is 0.414. The van der Waals surface area contributed by atoms with Gasteiger partial charge in [0.25, 0.3) is 0 Å². The quantitative estimate of drug-likeness (QED) is 0.685. The van der Waals surface area contributed by atoms with E-state index in [4.69, 9.17) is 4.74 Å². The van der Waals surface area contributed by atoms with Crippen molar-refractivity contribution >= 4 is 22.3 Å². The molecule has 0 spiro atoms. The molecule has 1 aliphatic rings. The van der Waals surface area contributed by atoms with Crippen LogP contribution in [-0.2, 0) is 0 Å². The standard InChI is InChI=1S/C21H21N3O/c1-14(2)24-13-23-20-10-16(7-8-21(20)24)19-11-17(12-22-19)15-5-4-6-18(9-15)25-3/h4-10,12-14H,11H2,1-3H3. The predicted molar refractivity (Wildman–Crippen MR) is 102 cm³/mol. The molecule has 0 unspecified atom stereocenters. The Morgan fingerprint density at radius 2 is 1.96 bits per heavy atom. The molecule has 2 aromatic carbocycles. The van der Waals surface area contributed by atoms with Gasteiger partial charge in [-0.25, -0.2) is 4.98 Å². The van der Waals surface area contributed by atoms with Gasteiger partial charge in [-0.15, -0.1) is 0 Å². The second kappa shape index (κ2) is 6.20. The molecule has 0 N–H and O–H groups in total. The fraction of sp³-hybridized carbons (Fsp3) is 0.238. The topological polar surface area (TPSA) is 39.4 Å². The Kier molecular flexibility index (Phi) is 3.88. The van der Waals surface area contributed by atoms with E-state index in [1.807, 2.05) is 24.7 Å². The number of hydrogen-bond acceptors (Lipinski definition) is 3. The van der Waals surface area contributed by atoms with E-state index in [0.717, 1.165) is 34.5 Å². The Morgan fingerprint density at radius 1 is 1.08 bits per heavy atom. The molecule has 0 atom stereocenters. The summed E-state index contributed by atoms with van der Waals surface area (Å²) in [5.41, 5.74) is 6.77. The molecule has 0 radical (unpaired) electrons. The summed E-state index contributed by atoms with van der Waals surface area (Å²) in [6.45, 7) is 4.33. The van der Waals surface area contributed by atoms with Crippen LogP contribution in [0.15, 0.2) is 60.0 Å². The van der Waals surface area contributed by atoms with Gasteiger partial charge in [0.05, 0.1) is 30.2 Å². The Hall–Kier alpha value is -2.88. The molecular weight excluding hydrogens is 310 g/mol. The number of rotatable bonds is 4. The summed E-state index contributed by atoms with van der Waals surface area (Å²) in [5, 5.41) is 0. The number of nitrogens with zero attached hydrogens (tertiary/aromatic N) is 3. The number of aliphatic imine (C=N–C) groups is 1. The average Bonchev–Trinajstić information content (AvgIpc) is 3.28. The summed E-state index contributed by atoms with van der Waals surface area (Å²) >= 11 is 0. The Labute approximate surface area is 147 Å². The second-order valence-corrected chi connectivity index (χ2v) is 6.59. The van der Waals surface area contributed by atoms with Crippen LogP contribution in [0, 0.1) is 0 Å². The van der Waals surface area contributed by atoms with Gasteiger partial charge in [0.15, 0.2) is 0 Å². The van der Waals surface area contributed by atoms with Crippen molar-refractivity contribution in [3.63, 3.8) is 0 Å². The van der Waals surface area contributed by atoms with Gasteiger partial charge >= 0.3 is 0 Å². The predicted octanol–water partition coefficient (Wildman–Crippen LogP) is 4.86. The van der Waals surface area contributed by atoms with Crippen molar-refractivity contribution in [1.82, 2.24) is 9.55 Å². The van der Waals surface area contributed by atoms with Gasteiger partial charge < -0.3 is 9.30 Å². The number of ether oxygens (including phenoxy) is 1. The van der Waals surface area contributed by atoms with Crippen molar-refractivity contribution in [2.45, 2.75) is 26.3 Å². The van der Waals surface area contributed by atoms with Crippen LogP contribution in [0.2, 0.25) is 0 Å². The van der Waals surface area contributed by atoms with Crippen LogP contribution < -0.4 is 4.74 Å². The third kappa shape index (κ3) is 2.84. The number of benzene rings is 2. The largest absolute Gasteiger partial charge is 0.497 e. The molecule has 4 heteroatoms. The highest BCUT2D eigenvalue weighted by molar-refractivity contribution is 6.10. The maximum Gasteiger partial charge on any atom is 0.119 e. The highest BCUT2D eigenvalue weighted by atomic mass is 16.5. The lowest BCUT2D eigenvalue weighted by atomic mass is 9.99. The SMILES string of the molecule is COc1cccc(C2=CN=C(c3ccc4c(c3)ncn4C(C)C)C2)c1.